The molecule has 7 aromatic carbocycles. The first-order chi connectivity index (χ1) is 23.8. The molecule has 0 amide bonds. The zero-order valence-corrected chi connectivity index (χ0v) is 26.5. The van der Waals surface area contributed by atoms with Crippen molar-refractivity contribution in [3.8, 4) is 44.1 Å². The van der Waals surface area contributed by atoms with E-state index in [2.05, 4.69) is 146 Å². The Labute approximate surface area is 280 Å². The van der Waals surface area contributed by atoms with Crippen LogP contribution in [-0.2, 0) is 0 Å². The van der Waals surface area contributed by atoms with E-state index in [0.717, 1.165) is 82.3 Å². The number of nitrogens with zero attached hydrogens (tertiary/aromatic N) is 2. The lowest BCUT2D eigenvalue weighted by molar-refractivity contribution is 0.669. The van der Waals surface area contributed by atoms with Gasteiger partial charge in [0.05, 0.1) is 21.4 Å². The summed E-state index contributed by atoms with van der Waals surface area (Å²) >= 11 is 1.73. The predicted octanol–water partition coefficient (Wildman–Crippen LogP) is 12.6. The Bertz CT molecular complexity index is 2820. The third kappa shape index (κ3) is 4.27. The second-order valence-corrected chi connectivity index (χ2v) is 13.2. The molecule has 0 radical (unpaired) electrons. The fourth-order valence-corrected chi connectivity index (χ4v) is 8.01. The van der Waals surface area contributed by atoms with Crippen LogP contribution < -0.4 is 0 Å². The lowest BCUT2D eigenvalue weighted by Gasteiger charge is -2.16. The van der Waals surface area contributed by atoms with E-state index in [1.807, 2.05) is 12.1 Å². The van der Waals surface area contributed by atoms with Crippen LogP contribution in [-0.4, -0.2) is 9.97 Å². The van der Waals surface area contributed by atoms with Crippen molar-refractivity contribution in [2.75, 3.05) is 0 Å². The number of hydrogen-bond acceptors (Lipinski definition) is 4. The second kappa shape index (κ2) is 10.7. The van der Waals surface area contributed by atoms with Crippen LogP contribution in [0.3, 0.4) is 0 Å². The van der Waals surface area contributed by atoms with Gasteiger partial charge >= 0.3 is 0 Å². The van der Waals surface area contributed by atoms with Gasteiger partial charge in [0, 0.05) is 43.6 Å². The van der Waals surface area contributed by atoms with E-state index in [4.69, 9.17) is 14.4 Å². The Hall–Kier alpha value is -6.10. The molecule has 0 aliphatic heterocycles. The standard InChI is InChI=1S/C44H26N2OS/c1-3-11-28(12-4-1)40-41-32-15-7-9-17-35(32)45-43(34(41)26-38-42(40)33-16-8-10-18-37(33)47-38)29-21-19-27(20-22-29)31-23-24-39-36(25-31)46-44(48-39)30-13-5-2-6-14-30/h1-26H. The lowest BCUT2D eigenvalue weighted by Crippen LogP contribution is -1.93. The summed E-state index contributed by atoms with van der Waals surface area (Å²) in [4.78, 5) is 10.3. The summed E-state index contributed by atoms with van der Waals surface area (Å²) in [5, 5.41) is 6.69. The van der Waals surface area contributed by atoms with Gasteiger partial charge in [0.15, 0.2) is 0 Å². The summed E-state index contributed by atoms with van der Waals surface area (Å²) in [5.74, 6) is 0. The Kier molecular flexibility index (Phi) is 6.05. The molecule has 0 spiro atoms. The molecule has 10 aromatic rings. The van der Waals surface area contributed by atoms with Crippen LogP contribution in [0.2, 0.25) is 0 Å². The number of thiazole rings is 1. The van der Waals surface area contributed by atoms with Crippen molar-refractivity contribution in [1.29, 1.82) is 0 Å². The van der Waals surface area contributed by atoms with Crippen LogP contribution in [0.5, 0.6) is 0 Å². The van der Waals surface area contributed by atoms with Crippen LogP contribution >= 0.6 is 11.3 Å². The van der Waals surface area contributed by atoms with Crippen molar-refractivity contribution >= 4 is 65.2 Å². The average molecular weight is 631 g/mol. The molecule has 48 heavy (non-hydrogen) atoms. The van der Waals surface area contributed by atoms with Crippen molar-refractivity contribution in [1.82, 2.24) is 9.97 Å². The monoisotopic (exact) mass is 630 g/mol. The normalized spacial score (nSPS) is 11.8. The van der Waals surface area contributed by atoms with Gasteiger partial charge in [-0.05, 0) is 47.0 Å². The smallest absolute Gasteiger partial charge is 0.136 e. The van der Waals surface area contributed by atoms with Crippen molar-refractivity contribution in [3.63, 3.8) is 0 Å². The van der Waals surface area contributed by atoms with E-state index >= 15 is 0 Å². The average Bonchev–Trinajstić information content (AvgIpc) is 3.76. The largest absolute Gasteiger partial charge is 0.456 e. The molecule has 224 valence electrons. The van der Waals surface area contributed by atoms with Crippen molar-refractivity contribution in [2.45, 2.75) is 0 Å². The highest BCUT2D eigenvalue weighted by atomic mass is 32.1. The third-order valence-electron chi connectivity index (χ3n) is 9.29. The van der Waals surface area contributed by atoms with Crippen molar-refractivity contribution < 1.29 is 4.42 Å². The number of hydrogen-bond donors (Lipinski definition) is 0. The first-order valence-corrected chi connectivity index (χ1v) is 16.9. The predicted molar refractivity (Wildman–Crippen MR) is 201 cm³/mol. The van der Waals surface area contributed by atoms with Gasteiger partial charge < -0.3 is 4.42 Å². The minimum Gasteiger partial charge on any atom is -0.456 e. The van der Waals surface area contributed by atoms with Crippen LogP contribution in [0.1, 0.15) is 0 Å². The summed E-state index contributed by atoms with van der Waals surface area (Å²) < 4.78 is 7.72. The maximum atomic E-state index is 6.53. The first kappa shape index (κ1) is 27.1. The molecule has 0 unspecified atom stereocenters. The minimum absolute atomic E-state index is 0.865. The Balaban J connectivity index is 1.17. The van der Waals surface area contributed by atoms with E-state index in [1.165, 1.54) is 15.6 Å². The molecule has 0 saturated heterocycles. The molecule has 3 nitrogen and oxygen atoms in total. The molecule has 0 aliphatic carbocycles. The van der Waals surface area contributed by atoms with E-state index in [0.29, 0.717) is 0 Å². The molecule has 0 aliphatic rings. The van der Waals surface area contributed by atoms with Crippen LogP contribution in [0, 0.1) is 0 Å². The molecular formula is C44H26N2OS. The highest BCUT2D eigenvalue weighted by molar-refractivity contribution is 7.21. The van der Waals surface area contributed by atoms with Gasteiger partial charge in [0.1, 0.15) is 16.2 Å². The number of para-hydroxylation sites is 2. The van der Waals surface area contributed by atoms with Gasteiger partial charge in [-0.3, -0.25) is 0 Å². The molecular weight excluding hydrogens is 605 g/mol. The van der Waals surface area contributed by atoms with Crippen LogP contribution in [0.25, 0.3) is 97.9 Å². The number of benzene rings is 7. The van der Waals surface area contributed by atoms with E-state index in [-0.39, 0.29) is 0 Å². The van der Waals surface area contributed by atoms with Gasteiger partial charge in [-0.15, -0.1) is 11.3 Å². The fourth-order valence-electron chi connectivity index (χ4n) is 7.06. The maximum Gasteiger partial charge on any atom is 0.136 e. The van der Waals surface area contributed by atoms with Gasteiger partial charge in [0.2, 0.25) is 0 Å². The molecule has 0 atom stereocenters. The molecule has 10 rings (SSSR count). The number of furan rings is 1. The quantitative estimate of drug-likeness (QED) is 0.182. The lowest BCUT2D eigenvalue weighted by atomic mass is 9.89. The summed E-state index contributed by atoms with van der Waals surface area (Å²) in [5.41, 5.74) is 11.5. The Morgan fingerprint density at radius 3 is 1.90 bits per heavy atom. The molecule has 0 saturated carbocycles. The Morgan fingerprint density at radius 1 is 0.417 bits per heavy atom. The van der Waals surface area contributed by atoms with E-state index in [9.17, 15) is 0 Å². The van der Waals surface area contributed by atoms with Gasteiger partial charge in [-0.25, -0.2) is 9.97 Å². The highest BCUT2D eigenvalue weighted by Crippen LogP contribution is 2.46. The number of pyridine rings is 1. The van der Waals surface area contributed by atoms with Crippen molar-refractivity contribution in [2.24, 2.45) is 0 Å². The molecule has 3 heterocycles. The topological polar surface area (TPSA) is 38.9 Å². The molecule has 0 N–H and O–H groups in total. The zero-order chi connectivity index (χ0) is 31.6. The third-order valence-corrected chi connectivity index (χ3v) is 10.4. The summed E-state index contributed by atoms with van der Waals surface area (Å²) in [6.45, 7) is 0. The number of aromatic nitrogens is 2. The second-order valence-electron chi connectivity index (χ2n) is 12.1. The van der Waals surface area contributed by atoms with Gasteiger partial charge in [0.25, 0.3) is 0 Å². The summed E-state index contributed by atoms with van der Waals surface area (Å²) in [6.07, 6.45) is 0. The fraction of sp³-hybridized carbons (Fsp3) is 0. The first-order valence-electron chi connectivity index (χ1n) is 16.1. The van der Waals surface area contributed by atoms with Crippen LogP contribution in [0.4, 0.5) is 0 Å². The zero-order valence-electron chi connectivity index (χ0n) is 25.7. The van der Waals surface area contributed by atoms with E-state index in [1.54, 1.807) is 11.3 Å². The SMILES string of the molecule is c1ccc(-c2nc3cc(-c4ccc(-c5nc6ccccc6c6c(-c7ccccc7)c7c(cc56)oc5ccccc57)cc4)ccc3s2)cc1. The molecule has 0 fully saturated rings. The van der Waals surface area contributed by atoms with Gasteiger partial charge in [-0.1, -0.05) is 127 Å². The molecule has 4 heteroatoms. The summed E-state index contributed by atoms with van der Waals surface area (Å²) in [6, 6.07) is 55.4. The van der Waals surface area contributed by atoms with Crippen molar-refractivity contribution in [3.05, 3.63) is 158 Å². The molecule has 3 aromatic heterocycles. The van der Waals surface area contributed by atoms with Gasteiger partial charge in [-0.2, -0.15) is 0 Å². The minimum atomic E-state index is 0.865. The van der Waals surface area contributed by atoms with E-state index < -0.39 is 0 Å². The van der Waals surface area contributed by atoms with Crippen LogP contribution in [0.15, 0.2) is 162 Å². The number of rotatable bonds is 4. The molecule has 0 bridgehead atoms. The highest BCUT2D eigenvalue weighted by Gasteiger charge is 2.21. The Morgan fingerprint density at radius 2 is 1.08 bits per heavy atom. The summed E-state index contributed by atoms with van der Waals surface area (Å²) in [7, 11) is 0. The number of fused-ring (bicyclic) bond motifs is 7. The maximum absolute atomic E-state index is 6.53.